The lowest BCUT2D eigenvalue weighted by molar-refractivity contribution is 0.0696. The van der Waals surface area contributed by atoms with Crippen LogP contribution in [0.1, 0.15) is 41.0 Å². The Kier molecular flexibility index (Phi) is 5.70. The van der Waals surface area contributed by atoms with Gasteiger partial charge in [0.15, 0.2) is 0 Å². The second-order valence-corrected chi connectivity index (χ2v) is 5.47. The number of amides is 1. The van der Waals surface area contributed by atoms with Crippen LogP contribution in [0.3, 0.4) is 0 Å². The number of carbonyl (C=O) groups excluding carboxylic acids is 1. The maximum atomic E-state index is 12.0. The predicted molar refractivity (Wildman–Crippen MR) is 76.0 cm³/mol. The van der Waals surface area contributed by atoms with E-state index >= 15 is 0 Å². The Bertz CT molecular complexity index is 465. The number of aromatic carboxylic acids is 1. The van der Waals surface area contributed by atoms with Crippen LogP contribution in [-0.2, 0) is 4.74 Å². The van der Waals surface area contributed by atoms with Crippen LogP contribution in [0.25, 0.3) is 0 Å². The van der Waals surface area contributed by atoms with Gasteiger partial charge in [-0.15, -0.1) is 0 Å². The molecule has 2 N–H and O–H groups in total. The number of carboxylic acid groups (broad SMARTS) is 1. The number of ether oxygens (including phenoxy) is 1. The first-order valence-corrected chi connectivity index (χ1v) is 6.46. The van der Waals surface area contributed by atoms with Crippen LogP contribution < -0.4 is 5.32 Å². The molecule has 110 valence electrons. The summed E-state index contributed by atoms with van der Waals surface area (Å²) >= 11 is 0. The van der Waals surface area contributed by atoms with Crippen LogP contribution in [-0.4, -0.2) is 37.2 Å². The Morgan fingerprint density at radius 1 is 1.20 bits per heavy atom. The molecule has 0 aliphatic heterocycles. The second-order valence-electron chi connectivity index (χ2n) is 5.47. The molecular formula is C15H21NO4. The van der Waals surface area contributed by atoms with Gasteiger partial charge in [0.05, 0.1) is 5.56 Å². The molecule has 0 fully saturated rings. The quantitative estimate of drug-likeness (QED) is 0.802. The van der Waals surface area contributed by atoms with Crippen molar-refractivity contribution in [3.05, 3.63) is 35.4 Å². The fourth-order valence-corrected chi connectivity index (χ4v) is 1.65. The first-order chi connectivity index (χ1) is 9.35. The zero-order chi connectivity index (χ0) is 15.2. The highest BCUT2D eigenvalue weighted by Gasteiger charge is 2.19. The second kappa shape index (κ2) is 7.05. The lowest BCUT2D eigenvalue weighted by Crippen LogP contribution is -2.34. The summed E-state index contributed by atoms with van der Waals surface area (Å²) < 4.78 is 5.04. The topological polar surface area (TPSA) is 75.6 Å². The zero-order valence-corrected chi connectivity index (χ0v) is 12.1. The summed E-state index contributed by atoms with van der Waals surface area (Å²) in [6, 6.07) is 5.88. The van der Waals surface area contributed by atoms with Gasteiger partial charge in [-0.05, 0) is 36.1 Å². The van der Waals surface area contributed by atoms with E-state index in [0.29, 0.717) is 18.7 Å². The summed E-state index contributed by atoms with van der Waals surface area (Å²) in [7, 11) is 1.65. The van der Waals surface area contributed by atoms with E-state index in [4.69, 9.17) is 9.84 Å². The minimum atomic E-state index is -1.00. The summed E-state index contributed by atoms with van der Waals surface area (Å²) in [5.74, 6) is -1.20. The van der Waals surface area contributed by atoms with Gasteiger partial charge in [0.1, 0.15) is 0 Å². The van der Waals surface area contributed by atoms with Crippen molar-refractivity contribution in [2.45, 2.75) is 20.3 Å². The van der Waals surface area contributed by atoms with Gasteiger partial charge in [-0.3, -0.25) is 4.79 Å². The minimum Gasteiger partial charge on any atom is -0.478 e. The molecule has 0 unspecified atom stereocenters. The Morgan fingerprint density at radius 3 is 2.25 bits per heavy atom. The maximum Gasteiger partial charge on any atom is 0.335 e. The SMILES string of the molecule is COCCC(C)(C)CNC(=O)c1ccc(C(=O)O)cc1. The zero-order valence-electron chi connectivity index (χ0n) is 12.1. The molecule has 0 atom stereocenters. The van der Waals surface area contributed by atoms with Gasteiger partial charge in [0.2, 0.25) is 0 Å². The van der Waals surface area contributed by atoms with E-state index in [2.05, 4.69) is 19.2 Å². The van der Waals surface area contributed by atoms with Crippen molar-refractivity contribution in [3.63, 3.8) is 0 Å². The van der Waals surface area contributed by atoms with Crippen molar-refractivity contribution >= 4 is 11.9 Å². The van der Waals surface area contributed by atoms with Crippen LogP contribution in [0.4, 0.5) is 0 Å². The first kappa shape index (κ1) is 16.2. The van der Waals surface area contributed by atoms with Crippen LogP contribution in [0, 0.1) is 5.41 Å². The number of hydrogen-bond acceptors (Lipinski definition) is 3. The van der Waals surface area contributed by atoms with Crippen LogP contribution >= 0.6 is 0 Å². The van der Waals surface area contributed by atoms with E-state index in [1.807, 2.05) is 0 Å². The van der Waals surface area contributed by atoms with E-state index in [1.54, 1.807) is 7.11 Å². The lowest BCUT2D eigenvalue weighted by Gasteiger charge is -2.24. The molecule has 0 spiro atoms. The molecule has 1 amide bonds. The highest BCUT2D eigenvalue weighted by molar-refractivity contribution is 5.95. The average molecular weight is 279 g/mol. The van der Waals surface area contributed by atoms with Crippen molar-refractivity contribution in [1.82, 2.24) is 5.32 Å². The summed E-state index contributed by atoms with van der Waals surface area (Å²) in [5.41, 5.74) is 0.576. The number of carbonyl (C=O) groups is 2. The smallest absolute Gasteiger partial charge is 0.335 e. The van der Waals surface area contributed by atoms with Gasteiger partial charge in [0, 0.05) is 25.8 Å². The molecule has 0 saturated heterocycles. The van der Waals surface area contributed by atoms with Crippen LogP contribution in [0.15, 0.2) is 24.3 Å². The van der Waals surface area contributed by atoms with Crippen molar-refractivity contribution < 1.29 is 19.4 Å². The van der Waals surface area contributed by atoms with Gasteiger partial charge in [-0.2, -0.15) is 0 Å². The predicted octanol–water partition coefficient (Wildman–Crippen LogP) is 2.18. The van der Waals surface area contributed by atoms with Gasteiger partial charge < -0.3 is 15.2 Å². The molecule has 0 aromatic heterocycles. The number of rotatable bonds is 7. The Balaban J connectivity index is 2.56. The maximum absolute atomic E-state index is 12.0. The third kappa shape index (κ3) is 5.01. The fraction of sp³-hybridized carbons (Fsp3) is 0.467. The third-order valence-electron chi connectivity index (χ3n) is 3.10. The molecular weight excluding hydrogens is 258 g/mol. The summed E-state index contributed by atoms with van der Waals surface area (Å²) in [6.07, 6.45) is 0.849. The molecule has 1 aromatic rings. The van der Waals surface area contributed by atoms with E-state index in [-0.39, 0.29) is 16.9 Å². The molecule has 0 radical (unpaired) electrons. The Hall–Kier alpha value is -1.88. The first-order valence-electron chi connectivity index (χ1n) is 6.46. The minimum absolute atomic E-state index is 0.0489. The number of benzene rings is 1. The largest absolute Gasteiger partial charge is 0.478 e. The van der Waals surface area contributed by atoms with Crippen molar-refractivity contribution in [3.8, 4) is 0 Å². The van der Waals surface area contributed by atoms with E-state index in [9.17, 15) is 9.59 Å². The molecule has 0 aliphatic rings. The standard InChI is InChI=1S/C15H21NO4/c1-15(2,8-9-20-3)10-16-13(17)11-4-6-12(7-5-11)14(18)19/h4-7H,8-10H2,1-3H3,(H,16,17)(H,18,19). The van der Waals surface area contributed by atoms with E-state index in [1.165, 1.54) is 24.3 Å². The molecule has 0 saturated carbocycles. The third-order valence-corrected chi connectivity index (χ3v) is 3.10. The monoisotopic (exact) mass is 279 g/mol. The highest BCUT2D eigenvalue weighted by atomic mass is 16.5. The number of nitrogens with one attached hydrogen (secondary N) is 1. The molecule has 5 nitrogen and oxygen atoms in total. The molecule has 1 rings (SSSR count). The van der Waals surface area contributed by atoms with Crippen molar-refractivity contribution in [1.29, 1.82) is 0 Å². The summed E-state index contributed by atoms with van der Waals surface area (Å²) in [4.78, 5) is 22.7. The molecule has 0 aliphatic carbocycles. The number of methoxy groups -OCH3 is 1. The average Bonchev–Trinajstić information content (AvgIpc) is 2.43. The Labute approximate surface area is 118 Å². The van der Waals surface area contributed by atoms with Crippen LogP contribution in [0.5, 0.6) is 0 Å². The number of carboxylic acids is 1. The van der Waals surface area contributed by atoms with Gasteiger partial charge in [-0.1, -0.05) is 13.8 Å². The molecule has 0 bridgehead atoms. The molecule has 1 aromatic carbocycles. The van der Waals surface area contributed by atoms with Crippen molar-refractivity contribution in [2.75, 3.05) is 20.3 Å². The normalized spacial score (nSPS) is 11.2. The molecule has 20 heavy (non-hydrogen) atoms. The van der Waals surface area contributed by atoms with E-state index < -0.39 is 5.97 Å². The lowest BCUT2D eigenvalue weighted by atomic mass is 9.89. The van der Waals surface area contributed by atoms with Gasteiger partial charge >= 0.3 is 5.97 Å². The highest BCUT2D eigenvalue weighted by Crippen LogP contribution is 2.19. The van der Waals surface area contributed by atoms with Crippen LogP contribution in [0.2, 0.25) is 0 Å². The van der Waals surface area contributed by atoms with E-state index in [0.717, 1.165) is 6.42 Å². The summed E-state index contributed by atoms with van der Waals surface area (Å²) in [5, 5.41) is 11.6. The fourth-order valence-electron chi connectivity index (χ4n) is 1.65. The van der Waals surface area contributed by atoms with Gasteiger partial charge in [-0.25, -0.2) is 4.79 Å². The Morgan fingerprint density at radius 2 is 1.75 bits per heavy atom. The summed E-state index contributed by atoms with van der Waals surface area (Å²) in [6.45, 7) is 5.30. The molecule has 0 heterocycles. The van der Waals surface area contributed by atoms with Gasteiger partial charge in [0.25, 0.3) is 5.91 Å². The van der Waals surface area contributed by atoms with Crippen molar-refractivity contribution in [2.24, 2.45) is 5.41 Å². The molecule has 5 heteroatoms. The number of hydrogen-bond donors (Lipinski definition) is 2.